The van der Waals surface area contributed by atoms with E-state index in [1.165, 1.54) is 17.8 Å². The van der Waals surface area contributed by atoms with Crippen molar-refractivity contribution >= 4 is 23.8 Å². The number of piperidine rings is 1. The Morgan fingerprint density at radius 1 is 1.28 bits per heavy atom. The van der Waals surface area contributed by atoms with Crippen LogP contribution in [-0.2, 0) is 21.7 Å². The Hall–Kier alpha value is -3.01. The molecule has 3 rings (SSSR count). The number of hydrogen-bond acceptors (Lipinski definition) is 7. The molecule has 1 aliphatic heterocycles. The number of aromatic amines is 1. The largest absolute Gasteiger partial charge is 0.497 e. The van der Waals surface area contributed by atoms with E-state index in [2.05, 4.69) is 15.3 Å². The van der Waals surface area contributed by atoms with E-state index in [-0.39, 0.29) is 30.0 Å². The van der Waals surface area contributed by atoms with Gasteiger partial charge in [0, 0.05) is 31.0 Å². The van der Waals surface area contributed by atoms with Crippen LogP contribution in [0.2, 0.25) is 0 Å². The summed E-state index contributed by atoms with van der Waals surface area (Å²) >= 11 is 1.39. The maximum atomic E-state index is 12.5. The highest BCUT2D eigenvalue weighted by Crippen LogP contribution is 2.21. The van der Waals surface area contributed by atoms with E-state index in [9.17, 15) is 14.4 Å². The average molecular weight is 461 g/mol. The number of nitrogens with zero attached hydrogens (tertiary/aromatic N) is 2. The summed E-state index contributed by atoms with van der Waals surface area (Å²) in [4.78, 5) is 45.1. The lowest BCUT2D eigenvalue weighted by atomic mass is 10.1. The second-order valence-corrected chi connectivity index (χ2v) is 8.35. The molecule has 1 aliphatic rings. The summed E-state index contributed by atoms with van der Waals surface area (Å²) in [6.07, 6.45) is 1.03. The van der Waals surface area contributed by atoms with Gasteiger partial charge in [0.15, 0.2) is 5.16 Å². The predicted octanol–water partition coefficient (Wildman–Crippen LogP) is 2.35. The number of methoxy groups -OCH3 is 1. The quantitative estimate of drug-likeness (QED) is 0.459. The molecule has 0 spiro atoms. The fraction of sp³-hybridized carbons (Fsp3) is 0.455. The first-order valence-electron chi connectivity index (χ1n) is 10.5. The fourth-order valence-electron chi connectivity index (χ4n) is 3.42. The Kier molecular flexibility index (Phi) is 8.55. The molecule has 172 valence electrons. The van der Waals surface area contributed by atoms with Gasteiger partial charge in [-0.15, -0.1) is 0 Å². The van der Waals surface area contributed by atoms with Crippen molar-refractivity contribution in [1.82, 2.24) is 20.2 Å². The number of benzene rings is 1. The van der Waals surface area contributed by atoms with Gasteiger partial charge < -0.3 is 24.7 Å². The number of H-pyrrole nitrogens is 1. The van der Waals surface area contributed by atoms with Gasteiger partial charge in [0.1, 0.15) is 5.75 Å². The van der Waals surface area contributed by atoms with E-state index < -0.39 is 0 Å². The van der Waals surface area contributed by atoms with Gasteiger partial charge in [0.2, 0.25) is 5.91 Å². The number of thioether (sulfide) groups is 1. The minimum absolute atomic E-state index is 0.0166. The molecule has 2 aromatic rings. The van der Waals surface area contributed by atoms with E-state index in [0.717, 1.165) is 11.3 Å². The standard InChI is InChI=1S/C22H28N4O5S/c1-3-31-22(29)26-9-7-16(8-10-26)23-19(27)12-17-13-20(28)25-21(24-17)32-14-15-5-4-6-18(11-15)30-2/h4-6,11,13,16H,3,7-10,12,14H2,1-2H3,(H,23,27)(H,24,25,28). The lowest BCUT2D eigenvalue weighted by Crippen LogP contribution is -2.47. The number of carbonyl (C=O) groups excluding carboxylic acids is 2. The van der Waals surface area contributed by atoms with Gasteiger partial charge in [-0.2, -0.15) is 0 Å². The number of ether oxygens (including phenoxy) is 2. The van der Waals surface area contributed by atoms with Crippen molar-refractivity contribution in [3.05, 3.63) is 51.9 Å². The third-order valence-corrected chi connectivity index (χ3v) is 5.95. The lowest BCUT2D eigenvalue weighted by Gasteiger charge is -2.31. The van der Waals surface area contributed by atoms with Crippen LogP contribution in [0.1, 0.15) is 31.0 Å². The molecule has 1 aromatic heterocycles. The van der Waals surface area contributed by atoms with Crippen LogP contribution in [0.15, 0.2) is 40.3 Å². The number of likely N-dealkylation sites (tertiary alicyclic amines) is 1. The Morgan fingerprint density at radius 3 is 2.78 bits per heavy atom. The molecule has 1 saturated heterocycles. The Morgan fingerprint density at radius 2 is 2.06 bits per heavy atom. The number of aromatic nitrogens is 2. The second kappa shape index (κ2) is 11.6. The fourth-order valence-corrected chi connectivity index (χ4v) is 4.26. The van der Waals surface area contributed by atoms with Crippen LogP contribution in [-0.4, -0.2) is 59.7 Å². The smallest absolute Gasteiger partial charge is 0.409 e. The molecule has 0 atom stereocenters. The molecule has 10 heteroatoms. The van der Waals surface area contributed by atoms with E-state index in [4.69, 9.17) is 9.47 Å². The summed E-state index contributed by atoms with van der Waals surface area (Å²) in [7, 11) is 1.61. The van der Waals surface area contributed by atoms with Crippen LogP contribution in [0.25, 0.3) is 0 Å². The number of amides is 2. The summed E-state index contributed by atoms with van der Waals surface area (Å²) < 4.78 is 10.2. The van der Waals surface area contributed by atoms with Gasteiger partial charge in [-0.25, -0.2) is 9.78 Å². The number of carbonyl (C=O) groups is 2. The first-order valence-corrected chi connectivity index (χ1v) is 11.5. The molecule has 0 aliphatic carbocycles. The van der Waals surface area contributed by atoms with Gasteiger partial charge in [-0.1, -0.05) is 23.9 Å². The van der Waals surface area contributed by atoms with Crippen molar-refractivity contribution in [2.45, 2.75) is 43.1 Å². The second-order valence-electron chi connectivity index (χ2n) is 7.39. The third kappa shape index (κ3) is 7.01. The molecule has 9 nitrogen and oxygen atoms in total. The zero-order valence-corrected chi connectivity index (χ0v) is 19.1. The molecule has 0 unspecified atom stereocenters. The highest BCUT2D eigenvalue weighted by molar-refractivity contribution is 7.98. The summed E-state index contributed by atoms with van der Waals surface area (Å²) in [5.74, 6) is 1.18. The number of nitrogens with one attached hydrogen (secondary N) is 2. The molecule has 0 saturated carbocycles. The Bertz CT molecular complexity index is 988. The zero-order valence-electron chi connectivity index (χ0n) is 18.3. The van der Waals surface area contributed by atoms with Crippen molar-refractivity contribution in [3.63, 3.8) is 0 Å². The summed E-state index contributed by atoms with van der Waals surface area (Å²) in [5.41, 5.74) is 1.16. The van der Waals surface area contributed by atoms with Gasteiger partial charge in [-0.05, 0) is 37.5 Å². The van der Waals surface area contributed by atoms with E-state index in [1.54, 1.807) is 18.9 Å². The molecule has 2 N–H and O–H groups in total. The highest BCUT2D eigenvalue weighted by atomic mass is 32.2. The molecule has 2 heterocycles. The van der Waals surface area contributed by atoms with Gasteiger partial charge >= 0.3 is 6.09 Å². The first kappa shape index (κ1) is 23.6. The van der Waals surface area contributed by atoms with E-state index >= 15 is 0 Å². The average Bonchev–Trinajstić information content (AvgIpc) is 2.78. The molecular weight excluding hydrogens is 432 g/mol. The maximum absolute atomic E-state index is 12.5. The normalized spacial score (nSPS) is 14.1. The Balaban J connectivity index is 1.51. The SMILES string of the molecule is CCOC(=O)N1CCC(NC(=O)Cc2cc(=O)[nH]c(SCc3cccc(OC)c3)n2)CC1. The highest BCUT2D eigenvalue weighted by Gasteiger charge is 2.24. The molecule has 0 radical (unpaired) electrons. The van der Waals surface area contributed by atoms with Crippen LogP contribution in [0.4, 0.5) is 4.79 Å². The van der Waals surface area contributed by atoms with Crippen LogP contribution in [0, 0.1) is 0 Å². The van der Waals surface area contributed by atoms with Crippen LogP contribution in [0.5, 0.6) is 5.75 Å². The van der Waals surface area contributed by atoms with Crippen molar-refractivity contribution in [2.24, 2.45) is 0 Å². The summed E-state index contributed by atoms with van der Waals surface area (Å²) in [6.45, 7) is 3.20. The maximum Gasteiger partial charge on any atom is 0.409 e. The van der Waals surface area contributed by atoms with Crippen LogP contribution >= 0.6 is 11.8 Å². The minimum Gasteiger partial charge on any atom is -0.497 e. The minimum atomic E-state index is -0.316. The topological polar surface area (TPSA) is 114 Å². The summed E-state index contributed by atoms with van der Waals surface area (Å²) in [5, 5.41) is 3.44. The molecular formula is C22H28N4O5S. The van der Waals surface area contributed by atoms with Crippen LogP contribution < -0.4 is 15.6 Å². The number of hydrogen-bond donors (Lipinski definition) is 2. The first-order chi connectivity index (χ1) is 15.5. The van der Waals surface area contributed by atoms with Crippen molar-refractivity contribution in [2.75, 3.05) is 26.8 Å². The van der Waals surface area contributed by atoms with Gasteiger partial charge in [0.25, 0.3) is 5.56 Å². The Labute approximate surface area is 190 Å². The van der Waals surface area contributed by atoms with Gasteiger partial charge in [0.05, 0.1) is 25.8 Å². The molecule has 1 fully saturated rings. The third-order valence-electron chi connectivity index (χ3n) is 5.01. The van der Waals surface area contributed by atoms with E-state index in [0.29, 0.717) is 49.1 Å². The summed E-state index contributed by atoms with van der Waals surface area (Å²) in [6, 6.07) is 9.00. The van der Waals surface area contributed by atoms with Crippen molar-refractivity contribution in [1.29, 1.82) is 0 Å². The molecule has 2 amide bonds. The number of rotatable bonds is 8. The van der Waals surface area contributed by atoms with E-state index in [1.807, 2.05) is 24.3 Å². The molecule has 1 aromatic carbocycles. The molecule has 32 heavy (non-hydrogen) atoms. The van der Waals surface area contributed by atoms with Crippen molar-refractivity contribution < 1.29 is 19.1 Å². The lowest BCUT2D eigenvalue weighted by molar-refractivity contribution is -0.121. The monoisotopic (exact) mass is 460 g/mol. The van der Waals surface area contributed by atoms with Gasteiger partial charge in [-0.3, -0.25) is 9.59 Å². The molecule has 0 bridgehead atoms. The zero-order chi connectivity index (χ0) is 22.9. The van der Waals surface area contributed by atoms with Crippen molar-refractivity contribution in [3.8, 4) is 5.75 Å². The predicted molar refractivity (Wildman–Crippen MR) is 121 cm³/mol. The van der Waals surface area contributed by atoms with Crippen LogP contribution in [0.3, 0.4) is 0 Å².